The molecule has 4 rings (SSSR count). The van der Waals surface area contributed by atoms with Crippen LogP contribution in [0, 0.1) is 12.8 Å². The number of amides is 1. The quantitative estimate of drug-likeness (QED) is 0.824. The average Bonchev–Trinajstić information content (AvgIpc) is 3.34. The van der Waals surface area contributed by atoms with Crippen LogP contribution < -0.4 is 0 Å². The second kappa shape index (κ2) is 6.97. The zero-order valence-electron chi connectivity index (χ0n) is 15.5. The van der Waals surface area contributed by atoms with E-state index in [0.29, 0.717) is 12.3 Å². The monoisotopic (exact) mass is 362 g/mol. The molecule has 0 unspecified atom stereocenters. The van der Waals surface area contributed by atoms with Gasteiger partial charge in [0.1, 0.15) is 0 Å². The maximum atomic E-state index is 12.6. The Morgan fingerprint density at radius 1 is 1.28 bits per heavy atom. The Kier molecular flexibility index (Phi) is 4.86. The van der Waals surface area contributed by atoms with Crippen molar-refractivity contribution in [3.05, 3.63) is 16.1 Å². The van der Waals surface area contributed by atoms with Gasteiger partial charge in [0.2, 0.25) is 5.91 Å². The maximum Gasteiger partial charge on any atom is 0.222 e. The summed E-state index contributed by atoms with van der Waals surface area (Å²) in [4.78, 5) is 24.4. The van der Waals surface area contributed by atoms with Crippen molar-refractivity contribution in [3.63, 3.8) is 0 Å². The SMILES string of the molecule is Cc1nc(CN2CCN(C)[C@]3(CCC(=O)N(CC4CC4)CC3)C2)cs1. The number of carbonyl (C=O) groups excluding carboxylic acids is 1. The molecule has 0 aromatic carbocycles. The maximum absolute atomic E-state index is 12.6. The van der Waals surface area contributed by atoms with E-state index in [-0.39, 0.29) is 5.54 Å². The fourth-order valence-electron chi connectivity index (χ4n) is 4.43. The van der Waals surface area contributed by atoms with Gasteiger partial charge in [-0.2, -0.15) is 0 Å². The van der Waals surface area contributed by atoms with Gasteiger partial charge in [0, 0.05) is 56.6 Å². The molecule has 25 heavy (non-hydrogen) atoms. The van der Waals surface area contributed by atoms with Crippen LogP contribution in [0.15, 0.2) is 5.38 Å². The number of likely N-dealkylation sites (N-methyl/N-ethyl adjacent to an activating group) is 1. The number of likely N-dealkylation sites (tertiary alicyclic amines) is 1. The van der Waals surface area contributed by atoms with Crippen molar-refractivity contribution in [1.82, 2.24) is 19.7 Å². The van der Waals surface area contributed by atoms with Crippen molar-refractivity contribution < 1.29 is 4.79 Å². The summed E-state index contributed by atoms with van der Waals surface area (Å²) in [6.07, 6.45) is 5.44. The molecule has 2 saturated heterocycles. The molecular weight excluding hydrogens is 332 g/mol. The summed E-state index contributed by atoms with van der Waals surface area (Å²) < 4.78 is 0. The summed E-state index contributed by atoms with van der Waals surface area (Å²) >= 11 is 1.74. The third-order valence-corrected chi connectivity index (χ3v) is 7.13. The highest BCUT2D eigenvalue weighted by Crippen LogP contribution is 2.35. The summed E-state index contributed by atoms with van der Waals surface area (Å²) in [5, 5.41) is 3.34. The van der Waals surface area contributed by atoms with Gasteiger partial charge in [0.05, 0.1) is 10.7 Å². The molecule has 0 bridgehead atoms. The van der Waals surface area contributed by atoms with Gasteiger partial charge in [-0.25, -0.2) is 4.98 Å². The van der Waals surface area contributed by atoms with Gasteiger partial charge in [0.15, 0.2) is 0 Å². The molecule has 1 atom stereocenters. The highest BCUT2D eigenvalue weighted by Gasteiger charge is 2.42. The molecule has 1 aliphatic carbocycles. The zero-order valence-corrected chi connectivity index (χ0v) is 16.4. The average molecular weight is 363 g/mol. The largest absolute Gasteiger partial charge is 0.342 e. The van der Waals surface area contributed by atoms with Gasteiger partial charge in [0.25, 0.3) is 0 Å². The van der Waals surface area contributed by atoms with E-state index in [4.69, 9.17) is 0 Å². The van der Waals surface area contributed by atoms with Crippen molar-refractivity contribution in [3.8, 4) is 0 Å². The van der Waals surface area contributed by atoms with E-state index >= 15 is 0 Å². The number of thiazole rings is 1. The molecule has 1 aromatic rings. The van der Waals surface area contributed by atoms with Crippen molar-refractivity contribution in [2.75, 3.05) is 39.8 Å². The first-order chi connectivity index (χ1) is 12.0. The lowest BCUT2D eigenvalue weighted by molar-refractivity contribution is -0.131. The highest BCUT2D eigenvalue weighted by molar-refractivity contribution is 7.09. The van der Waals surface area contributed by atoms with E-state index in [9.17, 15) is 4.79 Å². The van der Waals surface area contributed by atoms with E-state index < -0.39 is 0 Å². The Hall–Kier alpha value is -0.980. The number of piperazine rings is 1. The first kappa shape index (κ1) is 17.4. The van der Waals surface area contributed by atoms with E-state index in [2.05, 4.69) is 39.0 Å². The normalized spacial score (nSPS) is 29.4. The molecule has 6 heteroatoms. The van der Waals surface area contributed by atoms with E-state index in [0.717, 1.165) is 63.0 Å². The Morgan fingerprint density at radius 2 is 2.12 bits per heavy atom. The second-order valence-corrected chi connectivity index (χ2v) is 9.31. The highest BCUT2D eigenvalue weighted by atomic mass is 32.1. The van der Waals surface area contributed by atoms with Crippen LogP contribution in [-0.2, 0) is 11.3 Å². The number of carbonyl (C=O) groups is 1. The van der Waals surface area contributed by atoms with E-state index in [1.807, 2.05) is 0 Å². The minimum absolute atomic E-state index is 0.150. The summed E-state index contributed by atoms with van der Waals surface area (Å²) in [6.45, 7) is 8.19. The predicted molar refractivity (Wildman–Crippen MR) is 101 cm³/mol. The van der Waals surface area contributed by atoms with Crippen molar-refractivity contribution >= 4 is 17.2 Å². The second-order valence-electron chi connectivity index (χ2n) is 8.25. The first-order valence-electron chi connectivity index (χ1n) is 9.66. The van der Waals surface area contributed by atoms with Gasteiger partial charge in [-0.3, -0.25) is 14.6 Å². The molecule has 138 valence electrons. The third-order valence-electron chi connectivity index (χ3n) is 6.31. The Morgan fingerprint density at radius 3 is 2.84 bits per heavy atom. The summed E-state index contributed by atoms with van der Waals surface area (Å²) in [7, 11) is 2.26. The molecule has 1 amide bonds. The van der Waals surface area contributed by atoms with E-state index in [1.165, 1.54) is 18.5 Å². The van der Waals surface area contributed by atoms with Crippen molar-refractivity contribution in [2.45, 2.75) is 51.1 Å². The molecule has 3 aliphatic rings. The Labute approximate surface area is 155 Å². The molecule has 2 aliphatic heterocycles. The van der Waals surface area contributed by atoms with E-state index in [1.54, 1.807) is 11.3 Å². The Bertz CT molecular complexity index is 629. The standard InChI is InChI=1S/C19H30N4OS/c1-15-20-17(13-25-15)12-22-10-9-21(2)19(14-22)6-5-18(24)23(8-7-19)11-16-3-4-16/h13,16H,3-12,14H2,1-2H3/t19-/m0/s1. The minimum atomic E-state index is 0.150. The fourth-order valence-corrected chi connectivity index (χ4v) is 5.03. The molecule has 0 N–H and O–H groups in total. The van der Waals surface area contributed by atoms with Gasteiger partial charge < -0.3 is 4.90 Å². The molecule has 0 radical (unpaired) electrons. The topological polar surface area (TPSA) is 39.7 Å². The number of hydrogen-bond donors (Lipinski definition) is 0. The third kappa shape index (κ3) is 3.91. The smallest absolute Gasteiger partial charge is 0.222 e. The molecule has 3 heterocycles. The first-order valence-corrected chi connectivity index (χ1v) is 10.5. The lowest BCUT2D eigenvalue weighted by atomic mass is 9.86. The molecular formula is C19H30N4OS. The summed E-state index contributed by atoms with van der Waals surface area (Å²) in [5.41, 5.74) is 1.35. The van der Waals surface area contributed by atoms with Gasteiger partial charge in [-0.1, -0.05) is 0 Å². The predicted octanol–water partition coefficient (Wildman–Crippen LogP) is 2.36. The van der Waals surface area contributed by atoms with Crippen LogP contribution in [0.25, 0.3) is 0 Å². The van der Waals surface area contributed by atoms with Crippen LogP contribution in [0.4, 0.5) is 0 Å². The van der Waals surface area contributed by atoms with Crippen molar-refractivity contribution in [2.24, 2.45) is 5.92 Å². The minimum Gasteiger partial charge on any atom is -0.342 e. The fraction of sp³-hybridized carbons (Fsp3) is 0.789. The molecule has 1 spiro atoms. The lowest BCUT2D eigenvalue weighted by Crippen LogP contribution is -2.60. The lowest BCUT2D eigenvalue weighted by Gasteiger charge is -2.49. The molecule has 3 fully saturated rings. The zero-order chi connectivity index (χ0) is 17.4. The van der Waals surface area contributed by atoms with Crippen LogP contribution in [0.1, 0.15) is 42.8 Å². The number of nitrogens with zero attached hydrogens (tertiary/aromatic N) is 4. The number of rotatable bonds is 4. The number of hydrogen-bond acceptors (Lipinski definition) is 5. The summed E-state index contributed by atoms with van der Waals surface area (Å²) in [5.74, 6) is 1.16. The number of aryl methyl sites for hydroxylation is 1. The molecule has 1 aromatic heterocycles. The Balaban J connectivity index is 1.43. The van der Waals surface area contributed by atoms with Crippen LogP contribution >= 0.6 is 11.3 Å². The van der Waals surface area contributed by atoms with Gasteiger partial charge >= 0.3 is 0 Å². The number of aromatic nitrogens is 1. The van der Waals surface area contributed by atoms with Crippen LogP contribution in [0.2, 0.25) is 0 Å². The molecule has 1 saturated carbocycles. The van der Waals surface area contributed by atoms with Crippen LogP contribution in [-0.4, -0.2) is 70.9 Å². The van der Waals surface area contributed by atoms with Crippen LogP contribution in [0.5, 0.6) is 0 Å². The van der Waals surface area contributed by atoms with Crippen LogP contribution in [0.3, 0.4) is 0 Å². The molecule has 5 nitrogen and oxygen atoms in total. The van der Waals surface area contributed by atoms with Crippen molar-refractivity contribution in [1.29, 1.82) is 0 Å². The van der Waals surface area contributed by atoms with Gasteiger partial charge in [-0.15, -0.1) is 11.3 Å². The summed E-state index contributed by atoms with van der Waals surface area (Å²) in [6, 6.07) is 0. The van der Waals surface area contributed by atoms with Gasteiger partial charge in [-0.05, 0) is 45.6 Å².